The van der Waals surface area contributed by atoms with Gasteiger partial charge in [-0.25, -0.2) is 5.48 Å². The molecule has 4 rings (SSSR count). The highest BCUT2D eigenvalue weighted by Gasteiger charge is 2.24. The number of fused-ring (bicyclic) bond motifs is 2. The predicted molar refractivity (Wildman–Crippen MR) is 103 cm³/mol. The van der Waals surface area contributed by atoms with Crippen LogP contribution in [0.15, 0.2) is 60.7 Å². The van der Waals surface area contributed by atoms with Crippen molar-refractivity contribution in [3.05, 3.63) is 66.2 Å². The summed E-state index contributed by atoms with van der Waals surface area (Å²) in [6, 6.07) is 19.9. The van der Waals surface area contributed by atoms with E-state index in [9.17, 15) is 5.02 Å². The van der Waals surface area contributed by atoms with Crippen molar-refractivity contribution in [2.24, 2.45) is 0 Å². The van der Waals surface area contributed by atoms with Crippen LogP contribution < -0.4 is 15.8 Å². The molecule has 0 radical (unpaired) electrons. The minimum Gasteiger partial charge on any atom is -0.423 e. The fraction of sp³-hybridized carbons (Fsp3) is 0.200. The average Bonchev–Trinajstić information content (AvgIpc) is 2.68. The van der Waals surface area contributed by atoms with Crippen molar-refractivity contribution in [3.8, 4) is 5.75 Å². The van der Waals surface area contributed by atoms with E-state index < -0.39 is 7.12 Å². The van der Waals surface area contributed by atoms with E-state index in [1.165, 1.54) is 5.39 Å². The zero-order chi connectivity index (χ0) is 17.6. The lowest BCUT2D eigenvalue weighted by molar-refractivity contribution is 0.266. The number of nitrogens with one attached hydrogen (secondary N) is 1. The predicted octanol–water partition coefficient (Wildman–Crippen LogP) is 3.53. The normalized spacial score (nSPS) is 12.8. The van der Waals surface area contributed by atoms with E-state index in [2.05, 4.69) is 17.6 Å². The van der Waals surface area contributed by atoms with E-state index in [-0.39, 0.29) is 0 Å². The van der Waals surface area contributed by atoms with Crippen LogP contribution in [0.5, 0.6) is 5.75 Å². The maximum Gasteiger partial charge on any atom is 0.491 e. The molecule has 0 saturated carbocycles. The van der Waals surface area contributed by atoms with Crippen LogP contribution in [-0.4, -0.2) is 18.7 Å². The summed E-state index contributed by atoms with van der Waals surface area (Å²) < 4.78 is 5.26. The van der Waals surface area contributed by atoms with Crippen LogP contribution in [-0.2, 0) is 11.1 Å². The molecule has 0 unspecified atom stereocenters. The molecule has 3 aromatic carbocycles. The van der Waals surface area contributed by atoms with Gasteiger partial charge < -0.3 is 14.5 Å². The third-order valence-corrected chi connectivity index (χ3v) is 4.07. The summed E-state index contributed by atoms with van der Waals surface area (Å²) in [5, 5.41) is 12.2. The highest BCUT2D eigenvalue weighted by molar-refractivity contribution is 6.61. The lowest BCUT2D eigenvalue weighted by atomic mass is 9.73. The molecule has 5 heteroatoms. The SMILES string of the molecule is CC.OB1OCCc2ccc(NOc3ccc4ccccc4c3)cc21. The maximum atomic E-state index is 9.90. The second-order valence-electron chi connectivity index (χ2n) is 5.60. The zero-order valence-corrected chi connectivity index (χ0v) is 14.5. The van der Waals surface area contributed by atoms with Gasteiger partial charge in [0.25, 0.3) is 0 Å². The van der Waals surface area contributed by atoms with E-state index in [1.54, 1.807) is 0 Å². The number of hydrogen-bond acceptors (Lipinski definition) is 4. The lowest BCUT2D eigenvalue weighted by Crippen LogP contribution is -2.41. The van der Waals surface area contributed by atoms with Crippen molar-refractivity contribution in [3.63, 3.8) is 0 Å². The van der Waals surface area contributed by atoms with E-state index in [0.717, 1.165) is 34.3 Å². The summed E-state index contributed by atoms with van der Waals surface area (Å²) in [5.74, 6) is 0.734. The first-order chi connectivity index (χ1) is 12.3. The summed E-state index contributed by atoms with van der Waals surface area (Å²) >= 11 is 0. The molecule has 3 aromatic rings. The van der Waals surface area contributed by atoms with Gasteiger partial charge in [-0.1, -0.05) is 50.2 Å². The molecule has 0 aliphatic carbocycles. The Labute approximate surface area is 148 Å². The van der Waals surface area contributed by atoms with Crippen LogP contribution in [0.3, 0.4) is 0 Å². The molecule has 0 atom stereocenters. The number of hydrogen-bond donors (Lipinski definition) is 2. The summed E-state index contributed by atoms with van der Waals surface area (Å²) in [4.78, 5) is 5.65. The average molecular weight is 335 g/mol. The van der Waals surface area contributed by atoms with Crippen LogP contribution in [0, 0.1) is 0 Å². The molecule has 1 aliphatic rings. The molecule has 0 amide bonds. The number of anilines is 1. The fourth-order valence-corrected chi connectivity index (χ4v) is 2.84. The van der Waals surface area contributed by atoms with Crippen molar-refractivity contribution in [2.75, 3.05) is 12.1 Å². The second-order valence-corrected chi connectivity index (χ2v) is 5.60. The van der Waals surface area contributed by atoms with Crippen LogP contribution in [0.2, 0.25) is 0 Å². The van der Waals surface area contributed by atoms with Crippen molar-refractivity contribution in [2.45, 2.75) is 20.3 Å². The lowest BCUT2D eigenvalue weighted by Gasteiger charge is -2.20. The third-order valence-electron chi connectivity index (χ3n) is 4.07. The molecule has 25 heavy (non-hydrogen) atoms. The first kappa shape index (κ1) is 17.3. The zero-order valence-electron chi connectivity index (χ0n) is 14.5. The molecule has 0 bridgehead atoms. The van der Waals surface area contributed by atoms with Crippen LogP contribution in [0.4, 0.5) is 5.69 Å². The molecule has 1 heterocycles. The standard InChI is InChI=1S/C18H16BNO3.C2H6/c21-19-18-12-16(7-5-14(18)9-10-22-19)20-23-17-8-6-13-3-1-2-4-15(13)11-17;1-2/h1-8,11-12,20-21H,9-10H2;1-2H3. The Hall–Kier alpha value is -2.50. The van der Waals surface area contributed by atoms with Gasteiger partial charge in [0.1, 0.15) is 0 Å². The highest BCUT2D eigenvalue weighted by atomic mass is 16.6. The monoisotopic (exact) mass is 335 g/mol. The van der Waals surface area contributed by atoms with E-state index in [1.807, 2.05) is 62.4 Å². The number of benzene rings is 3. The molecule has 4 nitrogen and oxygen atoms in total. The van der Waals surface area contributed by atoms with Crippen LogP contribution in [0.25, 0.3) is 10.8 Å². The topological polar surface area (TPSA) is 50.7 Å². The van der Waals surface area contributed by atoms with Gasteiger partial charge in [-0.05, 0) is 52.5 Å². The van der Waals surface area contributed by atoms with E-state index in [4.69, 9.17) is 9.49 Å². The molecule has 2 N–H and O–H groups in total. The quantitative estimate of drug-likeness (QED) is 0.568. The van der Waals surface area contributed by atoms with Crippen LogP contribution in [0.1, 0.15) is 19.4 Å². The Morgan fingerprint density at radius 3 is 2.64 bits per heavy atom. The number of rotatable bonds is 3. The largest absolute Gasteiger partial charge is 0.491 e. The Morgan fingerprint density at radius 1 is 1.00 bits per heavy atom. The summed E-state index contributed by atoms with van der Waals surface area (Å²) in [5.41, 5.74) is 5.61. The molecule has 128 valence electrons. The van der Waals surface area contributed by atoms with Gasteiger partial charge in [-0.3, -0.25) is 0 Å². The van der Waals surface area contributed by atoms with Gasteiger partial charge in [0.15, 0.2) is 5.75 Å². The van der Waals surface area contributed by atoms with Crippen molar-refractivity contribution in [1.29, 1.82) is 0 Å². The maximum absolute atomic E-state index is 9.90. The molecule has 0 fully saturated rings. The van der Waals surface area contributed by atoms with Crippen molar-refractivity contribution in [1.82, 2.24) is 0 Å². The van der Waals surface area contributed by atoms with Crippen molar-refractivity contribution < 1.29 is 14.5 Å². The van der Waals surface area contributed by atoms with Gasteiger partial charge in [0.2, 0.25) is 0 Å². The Kier molecular flexibility index (Phi) is 5.58. The molecule has 1 aliphatic heterocycles. The Bertz CT molecular complexity index is 853. The van der Waals surface area contributed by atoms with Gasteiger partial charge in [0.05, 0.1) is 5.69 Å². The first-order valence-electron chi connectivity index (χ1n) is 8.64. The van der Waals surface area contributed by atoms with E-state index >= 15 is 0 Å². The molecular formula is C20H22BNO3. The van der Waals surface area contributed by atoms with Gasteiger partial charge in [-0.15, -0.1) is 0 Å². The fourth-order valence-electron chi connectivity index (χ4n) is 2.84. The summed E-state index contributed by atoms with van der Waals surface area (Å²) in [7, 11) is -0.860. The molecule has 0 aromatic heterocycles. The van der Waals surface area contributed by atoms with Gasteiger partial charge in [0, 0.05) is 6.61 Å². The highest BCUT2D eigenvalue weighted by Crippen LogP contribution is 2.21. The summed E-state index contributed by atoms with van der Waals surface area (Å²) in [6.07, 6.45) is 0.818. The van der Waals surface area contributed by atoms with Crippen LogP contribution >= 0.6 is 0 Å². The Morgan fingerprint density at radius 2 is 1.80 bits per heavy atom. The molecule has 0 spiro atoms. The minimum atomic E-state index is -0.860. The molecular weight excluding hydrogens is 313 g/mol. The summed E-state index contributed by atoms with van der Waals surface area (Å²) in [6.45, 7) is 4.55. The molecule has 0 saturated heterocycles. The van der Waals surface area contributed by atoms with Gasteiger partial charge >= 0.3 is 7.12 Å². The minimum absolute atomic E-state index is 0.550. The third kappa shape index (κ3) is 3.95. The second kappa shape index (κ2) is 8.05. The first-order valence-corrected chi connectivity index (χ1v) is 8.64. The smallest absolute Gasteiger partial charge is 0.423 e. The van der Waals surface area contributed by atoms with Gasteiger partial charge in [-0.2, -0.15) is 0 Å². The van der Waals surface area contributed by atoms with Crippen molar-refractivity contribution >= 4 is 29.0 Å². The van der Waals surface area contributed by atoms with E-state index in [0.29, 0.717) is 6.61 Å². The Balaban J connectivity index is 0.000000880.